The lowest BCUT2D eigenvalue weighted by molar-refractivity contribution is -0.137. The molecule has 2 aromatic carbocycles. The maximum absolute atomic E-state index is 13.7. The summed E-state index contributed by atoms with van der Waals surface area (Å²) in [6.45, 7) is 1.98. The van der Waals surface area contributed by atoms with Crippen molar-refractivity contribution in [2.24, 2.45) is 5.92 Å². The van der Waals surface area contributed by atoms with E-state index in [1.807, 2.05) is 0 Å². The van der Waals surface area contributed by atoms with Gasteiger partial charge < -0.3 is 14.8 Å². The van der Waals surface area contributed by atoms with E-state index in [9.17, 15) is 32.7 Å². The van der Waals surface area contributed by atoms with Crippen LogP contribution in [0.5, 0.6) is 11.5 Å². The van der Waals surface area contributed by atoms with Crippen LogP contribution in [0.4, 0.5) is 18.9 Å². The minimum absolute atomic E-state index is 0.130. The summed E-state index contributed by atoms with van der Waals surface area (Å²) in [6.07, 6.45) is -4.77. The molecule has 1 fully saturated rings. The summed E-state index contributed by atoms with van der Waals surface area (Å²) in [5.74, 6) is -3.42. The number of alkyl halides is 3. The number of rotatable bonds is 4. The number of thiazole rings is 1. The average molecular weight is 523 g/mol. The average Bonchev–Trinajstić information content (AvgIpc) is 3.29. The number of imide groups is 1. The van der Waals surface area contributed by atoms with Gasteiger partial charge in [-0.05, 0) is 36.8 Å². The highest BCUT2D eigenvalue weighted by molar-refractivity contribution is 8.00. The lowest BCUT2D eigenvalue weighted by Gasteiger charge is -2.30. The fourth-order valence-corrected chi connectivity index (χ4v) is 7.03. The first-order chi connectivity index (χ1) is 16.6. The van der Waals surface area contributed by atoms with Gasteiger partial charge in [0.1, 0.15) is 5.25 Å². The molecule has 182 valence electrons. The van der Waals surface area contributed by atoms with Crippen molar-refractivity contribution < 1.29 is 32.6 Å². The number of thioether (sulfide) groups is 1. The van der Waals surface area contributed by atoms with Crippen molar-refractivity contribution >= 4 is 40.6 Å². The van der Waals surface area contributed by atoms with Crippen molar-refractivity contribution in [2.45, 2.75) is 29.3 Å². The molecule has 7 nitrogen and oxygen atoms in total. The van der Waals surface area contributed by atoms with E-state index in [2.05, 4.69) is 4.98 Å². The largest absolute Gasteiger partial charge is 0.504 e. The normalized spacial score (nSPS) is 21.7. The van der Waals surface area contributed by atoms with Crippen LogP contribution in [0, 0.1) is 5.92 Å². The van der Waals surface area contributed by atoms with Gasteiger partial charge in [0.05, 0.1) is 28.8 Å². The number of nitrogens with one attached hydrogen (secondary N) is 1. The summed E-state index contributed by atoms with van der Waals surface area (Å²) in [4.78, 5) is 42.6. The zero-order valence-corrected chi connectivity index (χ0v) is 19.6. The van der Waals surface area contributed by atoms with Crippen molar-refractivity contribution in [3.8, 4) is 11.5 Å². The lowest BCUT2D eigenvalue weighted by atomic mass is 9.83. The molecule has 3 heterocycles. The number of aromatic amines is 1. The maximum Gasteiger partial charge on any atom is 0.418 e. The first-order valence-corrected chi connectivity index (χ1v) is 12.2. The summed E-state index contributed by atoms with van der Waals surface area (Å²) in [5.41, 5.74) is -1.13. The summed E-state index contributed by atoms with van der Waals surface area (Å²) < 4.78 is 46.6. The Bertz CT molecular complexity index is 1400. The molecule has 1 saturated heterocycles. The molecule has 3 aromatic rings. The van der Waals surface area contributed by atoms with Gasteiger partial charge in [-0.1, -0.05) is 41.3 Å². The van der Waals surface area contributed by atoms with E-state index in [4.69, 9.17) is 4.74 Å². The molecule has 5 rings (SSSR count). The van der Waals surface area contributed by atoms with Gasteiger partial charge in [0.2, 0.25) is 11.8 Å². The Morgan fingerprint density at radius 2 is 1.86 bits per heavy atom. The fraction of sp³-hybridized carbons (Fsp3) is 0.261. The predicted octanol–water partition coefficient (Wildman–Crippen LogP) is 4.36. The summed E-state index contributed by atoms with van der Waals surface area (Å²) in [7, 11) is 0. The summed E-state index contributed by atoms with van der Waals surface area (Å²) in [5, 5.41) is 9.47. The smallest absolute Gasteiger partial charge is 0.418 e. The van der Waals surface area contributed by atoms with Crippen LogP contribution in [0.25, 0.3) is 0 Å². The molecule has 0 radical (unpaired) electrons. The zero-order valence-electron chi connectivity index (χ0n) is 18.0. The molecule has 0 bridgehead atoms. The number of amides is 2. The van der Waals surface area contributed by atoms with Crippen LogP contribution in [-0.2, 0) is 15.8 Å². The van der Waals surface area contributed by atoms with Crippen LogP contribution in [-0.4, -0.2) is 33.8 Å². The number of hydrogen-bond acceptors (Lipinski definition) is 7. The zero-order chi connectivity index (χ0) is 25.1. The van der Waals surface area contributed by atoms with Crippen LogP contribution < -0.4 is 14.5 Å². The number of para-hydroxylation sites is 1. The Balaban J connectivity index is 1.66. The Morgan fingerprint density at radius 1 is 1.11 bits per heavy atom. The molecule has 35 heavy (non-hydrogen) atoms. The number of hydrogen-bond donors (Lipinski definition) is 2. The van der Waals surface area contributed by atoms with Crippen molar-refractivity contribution in [2.75, 3.05) is 11.5 Å². The van der Waals surface area contributed by atoms with Crippen LogP contribution in [0.15, 0.2) is 52.3 Å². The second-order valence-electron chi connectivity index (χ2n) is 7.94. The number of halogens is 3. The number of phenolic OH excluding ortho intramolecular Hbond substituents is 1. The van der Waals surface area contributed by atoms with Gasteiger partial charge in [0.15, 0.2) is 11.5 Å². The monoisotopic (exact) mass is 522 g/mol. The van der Waals surface area contributed by atoms with Crippen LogP contribution >= 0.6 is 23.1 Å². The topological polar surface area (TPSA) is 99.7 Å². The molecular formula is C23H17F3N2O5S2. The number of phenols is 1. The molecule has 0 spiro atoms. The highest BCUT2D eigenvalue weighted by Gasteiger charge is 2.57. The number of carbonyl (C=O) groups is 2. The number of nitrogens with zero attached hydrogens (tertiary/aromatic N) is 1. The second kappa shape index (κ2) is 8.45. The van der Waals surface area contributed by atoms with E-state index in [1.54, 1.807) is 13.0 Å². The fourth-order valence-electron chi connectivity index (χ4n) is 4.52. The van der Waals surface area contributed by atoms with Crippen molar-refractivity contribution in [1.29, 1.82) is 0 Å². The van der Waals surface area contributed by atoms with E-state index < -0.39 is 46.3 Å². The minimum Gasteiger partial charge on any atom is -0.504 e. The lowest BCUT2D eigenvalue weighted by Crippen LogP contribution is -2.33. The van der Waals surface area contributed by atoms with Gasteiger partial charge in [-0.15, -0.1) is 0 Å². The standard InChI is InChI=1S/C23H17F3N2O5S2/c1-2-33-14-9-10(7-8-13(14)29)15-16-18(34-19-17(15)35-22(32)27-19)21(31)28(20(16)30)12-6-4-3-5-11(12)23(24,25)26/h3-9,15-16,18,29H,2H2,1H3,(H,27,32)/t15-,16?,18?/m1/s1. The molecule has 1 aromatic heterocycles. The Morgan fingerprint density at radius 3 is 2.57 bits per heavy atom. The molecule has 3 atom stereocenters. The van der Waals surface area contributed by atoms with Gasteiger partial charge in [-0.25, -0.2) is 4.90 Å². The molecule has 2 amide bonds. The molecule has 2 unspecified atom stereocenters. The van der Waals surface area contributed by atoms with Crippen LogP contribution in [0.2, 0.25) is 0 Å². The summed E-state index contributed by atoms with van der Waals surface area (Å²) in [6, 6.07) is 8.90. The van der Waals surface area contributed by atoms with Gasteiger partial charge in [-0.3, -0.25) is 14.4 Å². The van der Waals surface area contributed by atoms with Gasteiger partial charge in [-0.2, -0.15) is 13.2 Å². The Kier molecular flexibility index (Phi) is 5.67. The van der Waals surface area contributed by atoms with E-state index >= 15 is 0 Å². The molecule has 0 aliphatic carbocycles. The second-order valence-corrected chi connectivity index (χ2v) is 10.1. The quantitative estimate of drug-likeness (QED) is 0.494. The van der Waals surface area contributed by atoms with Gasteiger partial charge in [0.25, 0.3) is 0 Å². The first kappa shape index (κ1) is 23.5. The number of benzene rings is 2. The third-order valence-corrected chi connectivity index (χ3v) is 8.32. The van der Waals surface area contributed by atoms with E-state index in [-0.39, 0.29) is 23.0 Å². The van der Waals surface area contributed by atoms with E-state index in [0.717, 1.165) is 35.2 Å². The summed E-state index contributed by atoms with van der Waals surface area (Å²) >= 11 is 1.84. The first-order valence-electron chi connectivity index (χ1n) is 10.5. The number of anilines is 1. The van der Waals surface area contributed by atoms with Crippen LogP contribution in [0.3, 0.4) is 0 Å². The highest BCUT2D eigenvalue weighted by Crippen LogP contribution is 2.54. The number of aromatic nitrogens is 1. The maximum atomic E-state index is 13.7. The molecule has 2 N–H and O–H groups in total. The van der Waals surface area contributed by atoms with Crippen molar-refractivity contribution in [3.63, 3.8) is 0 Å². The third kappa shape index (κ3) is 3.80. The Hall–Kier alpha value is -3.25. The Labute approximate surface area is 204 Å². The minimum atomic E-state index is -4.77. The SMILES string of the molecule is CCOc1cc([C@H]2c3sc(=O)[nH]c3SC3C(=O)N(c4ccccc4C(F)(F)F)C(=O)C32)ccc1O. The number of carbonyl (C=O) groups excluding carboxylic acids is 2. The highest BCUT2D eigenvalue weighted by atomic mass is 32.2. The predicted molar refractivity (Wildman–Crippen MR) is 123 cm³/mol. The number of H-pyrrole nitrogens is 1. The molecule has 2 aliphatic rings. The van der Waals surface area contributed by atoms with Gasteiger partial charge >= 0.3 is 11.0 Å². The molecule has 2 aliphatic heterocycles. The number of aromatic hydroxyl groups is 1. The number of ether oxygens (including phenoxy) is 1. The van der Waals surface area contributed by atoms with E-state index in [0.29, 0.717) is 20.4 Å². The van der Waals surface area contributed by atoms with E-state index in [1.165, 1.54) is 24.3 Å². The van der Waals surface area contributed by atoms with Crippen LogP contribution in [0.1, 0.15) is 28.8 Å². The molecular weight excluding hydrogens is 505 g/mol. The molecule has 12 heteroatoms. The number of fused-ring (bicyclic) bond motifs is 2. The van der Waals surface area contributed by atoms with Crippen molar-refractivity contribution in [3.05, 3.63) is 68.1 Å². The third-order valence-electron chi connectivity index (χ3n) is 5.92. The van der Waals surface area contributed by atoms with Gasteiger partial charge in [0, 0.05) is 10.8 Å². The molecule has 0 saturated carbocycles. The van der Waals surface area contributed by atoms with Crippen molar-refractivity contribution in [1.82, 2.24) is 4.98 Å².